The molecule has 0 amide bonds. The van der Waals surface area contributed by atoms with E-state index in [1.165, 1.54) is 11.8 Å². The number of benzene rings is 1. The number of halogens is 1. The van der Waals surface area contributed by atoms with Crippen LogP contribution >= 0.6 is 11.8 Å². The predicted octanol–water partition coefficient (Wildman–Crippen LogP) is 2.42. The highest BCUT2D eigenvalue weighted by atomic mass is 32.2. The maximum absolute atomic E-state index is 14.7. The maximum Gasteiger partial charge on any atom is 0.342 e. The number of rotatable bonds is 2. The molecule has 0 spiro atoms. The molecule has 0 radical (unpaired) electrons. The van der Waals surface area contributed by atoms with Crippen molar-refractivity contribution in [3.63, 3.8) is 0 Å². The molecule has 132 valence electrons. The largest absolute Gasteiger partial charge is 0.477 e. The van der Waals surface area contributed by atoms with Crippen molar-refractivity contribution in [2.75, 3.05) is 18.0 Å². The fourth-order valence-corrected chi connectivity index (χ4v) is 4.79. The molecule has 2 unspecified atom stereocenters. The Labute approximate surface area is 146 Å². The summed E-state index contributed by atoms with van der Waals surface area (Å²) in [6.45, 7) is 2.88. The molecular weight excluding hydrogens is 347 g/mol. The first-order valence-electron chi connectivity index (χ1n) is 8.13. The number of hydrogen-bond acceptors (Lipinski definition) is 5. The van der Waals surface area contributed by atoms with Gasteiger partial charge in [-0.1, -0.05) is 11.8 Å². The Morgan fingerprint density at radius 1 is 1.40 bits per heavy atom. The van der Waals surface area contributed by atoms with E-state index >= 15 is 0 Å². The van der Waals surface area contributed by atoms with E-state index in [1.54, 1.807) is 15.5 Å². The quantitative estimate of drug-likeness (QED) is 0.852. The Morgan fingerprint density at radius 2 is 2.16 bits per heavy atom. The number of carboxylic acids is 1. The van der Waals surface area contributed by atoms with E-state index in [-0.39, 0.29) is 16.3 Å². The summed E-state index contributed by atoms with van der Waals surface area (Å²) in [5, 5.41) is 19.7. The molecule has 2 N–H and O–H groups in total. The van der Waals surface area contributed by atoms with Crippen molar-refractivity contribution >= 4 is 34.3 Å². The number of aromatic nitrogens is 1. The Balaban J connectivity index is 1.96. The zero-order valence-electron chi connectivity index (χ0n) is 13.5. The minimum Gasteiger partial charge on any atom is -0.477 e. The van der Waals surface area contributed by atoms with Gasteiger partial charge in [0.25, 0.3) is 0 Å². The van der Waals surface area contributed by atoms with Crippen LogP contribution in [0.5, 0.6) is 0 Å². The standard InChI is InChI=1S/C17H17FN2O4S/c1-8-20-12-6-13(19-4-2-3-9(21)7-19)11(18)5-10(12)15(22)14(17(23)24)16(20)25-8/h5-6,8-9,21H,2-4,7H2,1H3,(H,23,24). The number of anilines is 1. The van der Waals surface area contributed by atoms with Crippen molar-refractivity contribution in [1.82, 2.24) is 4.57 Å². The Kier molecular flexibility index (Phi) is 3.77. The molecule has 6 nitrogen and oxygen atoms in total. The van der Waals surface area contributed by atoms with E-state index in [1.807, 2.05) is 6.92 Å². The summed E-state index contributed by atoms with van der Waals surface area (Å²) >= 11 is 1.32. The highest BCUT2D eigenvalue weighted by Crippen LogP contribution is 2.46. The molecule has 2 aromatic rings. The average Bonchev–Trinajstić information content (AvgIpc) is 2.54. The van der Waals surface area contributed by atoms with Gasteiger partial charge in [-0.15, -0.1) is 0 Å². The third kappa shape index (κ3) is 2.43. The fourth-order valence-electron chi connectivity index (χ4n) is 3.64. The molecule has 8 heteroatoms. The summed E-state index contributed by atoms with van der Waals surface area (Å²) in [7, 11) is 0. The Morgan fingerprint density at radius 3 is 2.80 bits per heavy atom. The van der Waals surface area contributed by atoms with Crippen LogP contribution in [0.1, 0.15) is 35.5 Å². The third-order valence-corrected chi connectivity index (χ3v) is 6.00. The minimum atomic E-state index is -1.29. The second-order valence-electron chi connectivity index (χ2n) is 6.46. The van der Waals surface area contributed by atoms with Crippen LogP contribution in [0.3, 0.4) is 0 Å². The Hall–Kier alpha value is -2.06. The van der Waals surface area contributed by atoms with Crippen LogP contribution in [0.25, 0.3) is 10.9 Å². The molecule has 4 rings (SSSR count). The van der Waals surface area contributed by atoms with Gasteiger partial charge in [0.2, 0.25) is 5.43 Å². The van der Waals surface area contributed by atoms with Gasteiger partial charge < -0.3 is 19.7 Å². The average molecular weight is 364 g/mol. The minimum absolute atomic E-state index is 0.0264. The molecule has 2 aliphatic rings. The number of fused-ring (bicyclic) bond motifs is 3. The van der Waals surface area contributed by atoms with Gasteiger partial charge in [0.15, 0.2) is 0 Å². The molecule has 3 heterocycles. The second kappa shape index (κ2) is 5.74. The first kappa shape index (κ1) is 16.4. The molecule has 1 aromatic carbocycles. The van der Waals surface area contributed by atoms with Crippen molar-refractivity contribution in [2.45, 2.75) is 36.3 Å². The number of carboxylic acid groups (broad SMARTS) is 1. The zero-order chi connectivity index (χ0) is 17.9. The molecule has 1 fully saturated rings. The number of nitrogens with zero attached hydrogens (tertiary/aromatic N) is 2. The van der Waals surface area contributed by atoms with E-state index in [2.05, 4.69) is 0 Å². The number of thioether (sulfide) groups is 1. The molecule has 0 bridgehead atoms. The summed E-state index contributed by atoms with van der Waals surface area (Å²) in [4.78, 5) is 25.8. The van der Waals surface area contributed by atoms with Crippen LogP contribution in [0.4, 0.5) is 10.1 Å². The van der Waals surface area contributed by atoms with Gasteiger partial charge in [-0.2, -0.15) is 0 Å². The summed E-state index contributed by atoms with van der Waals surface area (Å²) < 4.78 is 16.4. The number of piperidine rings is 1. The van der Waals surface area contributed by atoms with Gasteiger partial charge in [0.1, 0.15) is 11.4 Å². The van der Waals surface area contributed by atoms with E-state index < -0.39 is 23.3 Å². The number of aromatic carboxylic acids is 1. The molecule has 0 saturated carbocycles. The van der Waals surface area contributed by atoms with Gasteiger partial charge in [0.05, 0.1) is 27.7 Å². The van der Waals surface area contributed by atoms with Gasteiger partial charge in [-0.05, 0) is 31.9 Å². The van der Waals surface area contributed by atoms with Crippen LogP contribution in [0.2, 0.25) is 0 Å². The smallest absolute Gasteiger partial charge is 0.342 e. The zero-order valence-corrected chi connectivity index (χ0v) is 14.3. The van der Waals surface area contributed by atoms with Crippen molar-refractivity contribution in [3.05, 3.63) is 33.7 Å². The van der Waals surface area contributed by atoms with Crippen LogP contribution in [-0.4, -0.2) is 39.9 Å². The lowest BCUT2D eigenvalue weighted by Crippen LogP contribution is -2.39. The van der Waals surface area contributed by atoms with Crippen molar-refractivity contribution in [3.8, 4) is 0 Å². The monoisotopic (exact) mass is 364 g/mol. The highest BCUT2D eigenvalue weighted by Gasteiger charge is 2.33. The van der Waals surface area contributed by atoms with Crippen LogP contribution < -0.4 is 10.3 Å². The third-order valence-electron chi connectivity index (χ3n) is 4.83. The number of hydrogen-bond donors (Lipinski definition) is 2. The second-order valence-corrected chi connectivity index (χ2v) is 7.77. The molecule has 1 aromatic heterocycles. The lowest BCUT2D eigenvalue weighted by Gasteiger charge is -2.35. The van der Waals surface area contributed by atoms with E-state index in [0.29, 0.717) is 35.7 Å². The van der Waals surface area contributed by atoms with Gasteiger partial charge in [-0.3, -0.25) is 4.79 Å². The molecule has 25 heavy (non-hydrogen) atoms. The lowest BCUT2D eigenvalue weighted by molar-refractivity contribution is 0.0689. The number of carbonyl (C=O) groups is 1. The van der Waals surface area contributed by atoms with Gasteiger partial charge >= 0.3 is 5.97 Å². The van der Waals surface area contributed by atoms with Gasteiger partial charge in [0, 0.05) is 18.5 Å². The number of pyridine rings is 1. The van der Waals surface area contributed by atoms with Crippen molar-refractivity contribution < 1.29 is 19.4 Å². The van der Waals surface area contributed by atoms with Gasteiger partial charge in [-0.25, -0.2) is 9.18 Å². The molecular formula is C17H17FN2O4S. The SMILES string of the molecule is CC1Sc2c(C(=O)O)c(=O)c3cc(F)c(N4CCCC(O)C4)cc3n21. The fraction of sp³-hybridized carbons (Fsp3) is 0.412. The van der Waals surface area contributed by atoms with E-state index in [9.17, 15) is 24.2 Å². The molecule has 0 aliphatic carbocycles. The maximum atomic E-state index is 14.7. The predicted molar refractivity (Wildman–Crippen MR) is 93.1 cm³/mol. The Bertz CT molecular complexity index is 958. The van der Waals surface area contributed by atoms with Crippen LogP contribution in [0.15, 0.2) is 22.0 Å². The summed E-state index contributed by atoms with van der Waals surface area (Å²) in [5.74, 6) is -1.87. The van der Waals surface area contributed by atoms with Crippen LogP contribution in [0, 0.1) is 5.82 Å². The highest BCUT2D eigenvalue weighted by molar-refractivity contribution is 8.00. The topological polar surface area (TPSA) is 82.8 Å². The van der Waals surface area contributed by atoms with E-state index in [0.717, 1.165) is 12.5 Å². The normalized spacial score (nSPS) is 22.6. The number of aliphatic hydroxyl groups is 1. The molecule has 1 saturated heterocycles. The number of aliphatic hydroxyl groups excluding tert-OH is 1. The number of β-amino-alcohol motifs (C(OH)–C–C–N with tert-alkyl or cyclic N) is 1. The first-order valence-corrected chi connectivity index (χ1v) is 9.01. The summed E-state index contributed by atoms with van der Waals surface area (Å²) in [6, 6.07) is 2.73. The summed E-state index contributed by atoms with van der Waals surface area (Å²) in [5.41, 5.74) is -0.0753. The molecule has 2 aliphatic heterocycles. The van der Waals surface area contributed by atoms with E-state index in [4.69, 9.17) is 0 Å². The van der Waals surface area contributed by atoms with Crippen LogP contribution in [-0.2, 0) is 0 Å². The first-order chi connectivity index (χ1) is 11.9. The van der Waals surface area contributed by atoms with Crippen molar-refractivity contribution in [1.29, 1.82) is 0 Å². The molecule has 2 atom stereocenters. The lowest BCUT2D eigenvalue weighted by atomic mass is 10.1. The summed E-state index contributed by atoms with van der Waals surface area (Å²) in [6.07, 6.45) is 0.954. The van der Waals surface area contributed by atoms with Crippen molar-refractivity contribution in [2.24, 2.45) is 0 Å².